The first-order chi connectivity index (χ1) is 16.3. The van der Waals surface area contributed by atoms with E-state index >= 15 is 0 Å². The van der Waals surface area contributed by atoms with Crippen LogP contribution in [0.3, 0.4) is 0 Å². The summed E-state index contributed by atoms with van der Waals surface area (Å²) < 4.78 is 88.0. The number of sulfonamides is 1. The van der Waals surface area contributed by atoms with E-state index in [0.717, 1.165) is 30.5 Å². The van der Waals surface area contributed by atoms with E-state index in [1.54, 1.807) is 0 Å². The van der Waals surface area contributed by atoms with Gasteiger partial charge in [0.1, 0.15) is 18.1 Å². The monoisotopic (exact) mass is 515 g/mol. The number of nitrogens with one attached hydrogen (secondary N) is 2. The standard InChI is InChI=1S/C22H21F4N3O5S/c1-4-15-11-14(12-17(23)20(15)29-35(3,31)32)13-27-19(30)8-6-16-5-7-18(22(24,25)26)28-21(16)34-10-9-33-2/h1,5-8,11-12,29H,9-10,13H2,2-3H3,(H,27,30). The zero-order valence-electron chi connectivity index (χ0n) is 18.6. The lowest BCUT2D eigenvalue weighted by atomic mass is 10.1. The van der Waals surface area contributed by atoms with Gasteiger partial charge in [-0.3, -0.25) is 9.52 Å². The Labute approximate surface area is 199 Å². The number of aromatic nitrogens is 1. The van der Waals surface area contributed by atoms with Crippen molar-refractivity contribution in [2.24, 2.45) is 0 Å². The Balaban J connectivity index is 2.15. The summed E-state index contributed by atoms with van der Waals surface area (Å²) in [6, 6.07) is 4.17. The van der Waals surface area contributed by atoms with E-state index in [1.165, 1.54) is 19.3 Å². The molecule has 1 heterocycles. The van der Waals surface area contributed by atoms with Gasteiger partial charge in [0, 0.05) is 25.3 Å². The topological polar surface area (TPSA) is 107 Å². The number of nitrogens with zero attached hydrogens (tertiary/aromatic N) is 1. The van der Waals surface area contributed by atoms with Crippen LogP contribution in [0.1, 0.15) is 22.4 Å². The van der Waals surface area contributed by atoms with Crippen molar-refractivity contribution in [2.75, 3.05) is 31.3 Å². The molecule has 0 aliphatic heterocycles. The second kappa shape index (κ2) is 11.7. The molecule has 0 saturated carbocycles. The number of alkyl halides is 3. The quantitative estimate of drug-likeness (QED) is 0.218. The lowest BCUT2D eigenvalue weighted by molar-refractivity contribution is -0.141. The molecular formula is C22H21F4N3O5S. The van der Waals surface area contributed by atoms with E-state index < -0.39 is 33.6 Å². The van der Waals surface area contributed by atoms with Crippen LogP contribution in [0.2, 0.25) is 0 Å². The van der Waals surface area contributed by atoms with Gasteiger partial charge in [-0.25, -0.2) is 17.8 Å². The summed E-state index contributed by atoms with van der Waals surface area (Å²) in [5.74, 6) is 0.245. The number of terminal acetylenes is 1. The van der Waals surface area contributed by atoms with Crippen LogP contribution in [0, 0.1) is 18.2 Å². The van der Waals surface area contributed by atoms with Crippen LogP contribution < -0.4 is 14.8 Å². The van der Waals surface area contributed by atoms with Crippen LogP contribution in [0.25, 0.3) is 6.08 Å². The molecule has 0 atom stereocenters. The van der Waals surface area contributed by atoms with Crippen LogP contribution in [-0.2, 0) is 32.3 Å². The fourth-order valence-electron chi connectivity index (χ4n) is 2.65. The first-order valence-electron chi connectivity index (χ1n) is 9.76. The summed E-state index contributed by atoms with van der Waals surface area (Å²) in [6.07, 6.45) is 3.72. The zero-order chi connectivity index (χ0) is 26.2. The molecule has 2 aromatic rings. The van der Waals surface area contributed by atoms with Crippen molar-refractivity contribution in [3.8, 4) is 18.2 Å². The van der Waals surface area contributed by atoms with Gasteiger partial charge in [-0.2, -0.15) is 13.2 Å². The second-order valence-corrected chi connectivity index (χ2v) is 8.75. The summed E-state index contributed by atoms with van der Waals surface area (Å²) in [4.78, 5) is 15.7. The predicted octanol–water partition coefficient (Wildman–Crippen LogP) is 2.95. The van der Waals surface area contributed by atoms with Crippen LogP contribution in [0.15, 0.2) is 30.3 Å². The number of carbonyl (C=O) groups excluding carboxylic acids is 1. The molecule has 0 bridgehead atoms. The van der Waals surface area contributed by atoms with E-state index in [2.05, 4.69) is 16.2 Å². The van der Waals surface area contributed by atoms with Crippen molar-refractivity contribution < 1.29 is 40.2 Å². The number of carbonyl (C=O) groups is 1. The summed E-state index contributed by atoms with van der Waals surface area (Å²) >= 11 is 0. The lowest BCUT2D eigenvalue weighted by Gasteiger charge is -2.12. The Morgan fingerprint density at radius 1 is 1.26 bits per heavy atom. The van der Waals surface area contributed by atoms with Crippen molar-refractivity contribution in [1.82, 2.24) is 10.3 Å². The van der Waals surface area contributed by atoms with Gasteiger partial charge < -0.3 is 14.8 Å². The third-order valence-electron chi connectivity index (χ3n) is 4.18. The average molecular weight is 515 g/mol. The Bertz CT molecular complexity index is 1250. The molecule has 0 spiro atoms. The maximum Gasteiger partial charge on any atom is 0.433 e. The third kappa shape index (κ3) is 8.58. The third-order valence-corrected chi connectivity index (χ3v) is 4.76. The highest BCUT2D eigenvalue weighted by molar-refractivity contribution is 7.92. The molecular weight excluding hydrogens is 494 g/mol. The zero-order valence-corrected chi connectivity index (χ0v) is 19.4. The number of anilines is 1. The van der Waals surface area contributed by atoms with Gasteiger partial charge in [0.15, 0.2) is 0 Å². The largest absolute Gasteiger partial charge is 0.475 e. The number of halogens is 4. The number of hydrogen-bond acceptors (Lipinski definition) is 6. The van der Waals surface area contributed by atoms with E-state index in [9.17, 15) is 30.8 Å². The molecule has 0 fully saturated rings. The van der Waals surface area contributed by atoms with Gasteiger partial charge in [-0.15, -0.1) is 6.42 Å². The van der Waals surface area contributed by atoms with Gasteiger partial charge in [0.2, 0.25) is 21.8 Å². The van der Waals surface area contributed by atoms with Gasteiger partial charge in [-0.05, 0) is 35.9 Å². The number of amides is 1. The number of rotatable bonds is 10. The van der Waals surface area contributed by atoms with E-state index in [4.69, 9.17) is 15.9 Å². The van der Waals surface area contributed by atoms with Crippen molar-refractivity contribution in [2.45, 2.75) is 12.7 Å². The predicted molar refractivity (Wildman–Crippen MR) is 120 cm³/mol. The van der Waals surface area contributed by atoms with Crippen LogP contribution in [-0.4, -0.2) is 45.9 Å². The average Bonchev–Trinajstić information content (AvgIpc) is 2.76. The van der Waals surface area contributed by atoms with E-state index in [-0.39, 0.29) is 48.0 Å². The molecule has 8 nitrogen and oxygen atoms in total. The van der Waals surface area contributed by atoms with E-state index in [1.807, 2.05) is 4.72 Å². The molecule has 0 unspecified atom stereocenters. The second-order valence-electron chi connectivity index (χ2n) is 7.00. The minimum atomic E-state index is -4.68. The molecule has 1 aromatic heterocycles. The van der Waals surface area contributed by atoms with Crippen LogP contribution in [0.5, 0.6) is 5.88 Å². The maximum absolute atomic E-state index is 14.4. The van der Waals surface area contributed by atoms with Gasteiger partial charge in [-0.1, -0.05) is 5.92 Å². The molecule has 35 heavy (non-hydrogen) atoms. The van der Waals surface area contributed by atoms with Crippen molar-refractivity contribution in [3.63, 3.8) is 0 Å². The van der Waals surface area contributed by atoms with Gasteiger partial charge in [0.25, 0.3) is 0 Å². The molecule has 0 radical (unpaired) electrons. The summed E-state index contributed by atoms with van der Waals surface area (Å²) in [6.45, 7) is -0.127. The fraction of sp³-hybridized carbons (Fsp3) is 0.273. The Morgan fingerprint density at radius 3 is 2.57 bits per heavy atom. The van der Waals surface area contributed by atoms with Gasteiger partial charge >= 0.3 is 6.18 Å². The molecule has 1 aromatic carbocycles. The molecule has 0 aliphatic rings. The number of methoxy groups -OCH3 is 1. The van der Waals surface area contributed by atoms with Crippen molar-refractivity contribution in [1.29, 1.82) is 0 Å². The number of pyridine rings is 1. The van der Waals surface area contributed by atoms with Crippen LogP contribution >= 0.6 is 0 Å². The molecule has 1 amide bonds. The molecule has 188 valence electrons. The molecule has 0 saturated heterocycles. The normalized spacial score (nSPS) is 11.8. The highest BCUT2D eigenvalue weighted by atomic mass is 32.2. The Morgan fingerprint density at radius 2 is 1.97 bits per heavy atom. The summed E-state index contributed by atoms with van der Waals surface area (Å²) in [5.41, 5.74) is -1.26. The van der Waals surface area contributed by atoms with Gasteiger partial charge in [0.05, 0.1) is 24.1 Å². The van der Waals surface area contributed by atoms with Crippen molar-refractivity contribution >= 4 is 27.7 Å². The first kappa shape index (κ1) is 27.6. The van der Waals surface area contributed by atoms with Crippen molar-refractivity contribution in [3.05, 3.63) is 58.5 Å². The Kier molecular flexibility index (Phi) is 9.21. The van der Waals surface area contributed by atoms with Crippen LogP contribution in [0.4, 0.5) is 23.2 Å². The minimum Gasteiger partial charge on any atom is -0.475 e. The molecule has 13 heteroatoms. The summed E-state index contributed by atoms with van der Waals surface area (Å²) in [5, 5.41) is 2.46. The highest BCUT2D eigenvalue weighted by Gasteiger charge is 2.33. The maximum atomic E-state index is 14.4. The fourth-order valence-corrected chi connectivity index (χ4v) is 3.23. The smallest absolute Gasteiger partial charge is 0.433 e. The number of hydrogen-bond donors (Lipinski definition) is 2. The molecule has 2 N–H and O–H groups in total. The SMILES string of the molecule is C#Cc1cc(CNC(=O)C=Cc2ccc(C(F)(F)F)nc2OCCOC)cc(F)c1NS(C)(=O)=O. The molecule has 2 rings (SSSR count). The lowest BCUT2D eigenvalue weighted by Crippen LogP contribution is -2.21. The van der Waals surface area contributed by atoms with E-state index in [0.29, 0.717) is 0 Å². The first-order valence-corrected chi connectivity index (χ1v) is 11.7. The number of benzene rings is 1. The molecule has 0 aliphatic carbocycles. The minimum absolute atomic E-state index is 0.0644. The number of ether oxygens (including phenoxy) is 2. The highest BCUT2D eigenvalue weighted by Crippen LogP contribution is 2.30. The Hall–Kier alpha value is -3.63. The summed E-state index contributed by atoms with van der Waals surface area (Å²) in [7, 11) is -2.38.